The van der Waals surface area contributed by atoms with E-state index in [1.807, 2.05) is 38.1 Å². The van der Waals surface area contributed by atoms with Gasteiger partial charge in [0, 0.05) is 13.2 Å². The third kappa shape index (κ3) is 14.9. The van der Waals surface area contributed by atoms with Crippen LogP contribution in [0, 0.1) is 13.0 Å². The van der Waals surface area contributed by atoms with Crippen LogP contribution in [0.3, 0.4) is 0 Å². The molecule has 0 heterocycles. The molecule has 0 unspecified atom stereocenters. The minimum Gasteiger partial charge on any atom is -1.00 e. The second-order valence-corrected chi connectivity index (χ2v) is 2.36. The van der Waals surface area contributed by atoms with Gasteiger partial charge >= 0.3 is 23.1 Å². The van der Waals surface area contributed by atoms with Crippen LogP contribution in [-0.4, -0.2) is 36.3 Å². The van der Waals surface area contributed by atoms with E-state index in [-0.39, 0.29) is 40.0 Å². The van der Waals surface area contributed by atoms with Crippen molar-refractivity contribution in [2.75, 3.05) is 13.2 Å². The summed E-state index contributed by atoms with van der Waals surface area (Å²) in [5.41, 5.74) is 1.29. The molecule has 1 nitrogen and oxygen atoms in total. The Kier molecular flexibility index (Phi) is 22.6. The third-order valence-electron chi connectivity index (χ3n) is 1.29. The van der Waals surface area contributed by atoms with Crippen molar-refractivity contribution in [2.24, 2.45) is 0 Å². The summed E-state index contributed by atoms with van der Waals surface area (Å²) in [5, 5.41) is 0. The van der Waals surface area contributed by atoms with Crippen LogP contribution in [0.4, 0.5) is 0 Å². The van der Waals surface area contributed by atoms with Gasteiger partial charge in [-0.1, -0.05) is 6.92 Å². The molecule has 0 saturated heterocycles. The number of ether oxygens (including phenoxy) is 1. The molecule has 1 rings (SSSR count). The molecular weight excluding hydrogens is 252 g/mol. The Balaban J connectivity index is -0.000000159. The fourth-order valence-electron chi connectivity index (χ4n) is 0.674. The Bertz CT molecular complexity index is 178. The molecule has 0 atom stereocenters. The Morgan fingerprint density at radius 3 is 1.71 bits per heavy atom. The van der Waals surface area contributed by atoms with Gasteiger partial charge in [0.2, 0.25) is 0 Å². The Labute approximate surface area is 114 Å². The molecule has 0 fully saturated rings. The fraction of sp³-hybridized carbons (Fsp3) is 0.455. The van der Waals surface area contributed by atoms with Crippen LogP contribution in [0.5, 0.6) is 0 Å². The van der Waals surface area contributed by atoms with Gasteiger partial charge in [0.1, 0.15) is 0 Å². The van der Waals surface area contributed by atoms with Gasteiger partial charge in [0.15, 0.2) is 0 Å². The molecule has 0 aliphatic carbocycles. The van der Waals surface area contributed by atoms with Crippen molar-refractivity contribution in [3.8, 4) is 0 Å². The van der Waals surface area contributed by atoms with E-state index in [0.29, 0.717) is 0 Å². The number of hydrogen-bond donors (Lipinski definition) is 0. The fourth-order valence-corrected chi connectivity index (χ4v) is 0.674. The molecule has 0 N–H and O–H groups in total. The molecule has 0 radical (unpaired) electrons. The molecule has 0 aromatic heterocycles. The van der Waals surface area contributed by atoms with Crippen LogP contribution in [-0.2, 0) is 4.74 Å². The summed E-state index contributed by atoms with van der Waals surface area (Å²) in [6.45, 7) is 7.73. The smallest absolute Gasteiger partial charge is 1.00 e. The molecule has 0 bridgehead atoms. The maximum absolute atomic E-state index is 4.83. The minimum atomic E-state index is 0. The largest absolute Gasteiger partial charge is 2.00 e. The van der Waals surface area contributed by atoms with E-state index in [4.69, 9.17) is 4.74 Å². The third-order valence-corrected chi connectivity index (χ3v) is 1.29. The summed E-state index contributed by atoms with van der Waals surface area (Å²) >= 11 is 0. The molecular formula is C11H17BrMgO. The van der Waals surface area contributed by atoms with E-state index in [1.54, 1.807) is 0 Å². The van der Waals surface area contributed by atoms with E-state index in [0.717, 1.165) is 13.2 Å². The first-order valence-electron chi connectivity index (χ1n) is 4.31. The van der Waals surface area contributed by atoms with E-state index in [1.165, 1.54) is 5.56 Å². The molecule has 1 aromatic rings. The first-order chi connectivity index (χ1) is 5.81. The zero-order valence-corrected chi connectivity index (χ0v) is 12.2. The van der Waals surface area contributed by atoms with E-state index in [2.05, 4.69) is 13.0 Å². The van der Waals surface area contributed by atoms with E-state index < -0.39 is 0 Å². The molecule has 14 heavy (non-hydrogen) atoms. The molecule has 0 saturated carbocycles. The first kappa shape index (κ1) is 19.9. The zero-order valence-electron chi connectivity index (χ0n) is 9.22. The van der Waals surface area contributed by atoms with E-state index in [9.17, 15) is 0 Å². The number of hydrogen-bond acceptors (Lipinski definition) is 1. The standard InChI is InChI=1S/C7H7.C4H10O.BrH.Mg/c1-7-5-3-2-4-6-7;1-3-5-4-2;;/h3-6H,1H3;3-4H2,1-2H3;1H;/q-1;;;+2/p-1. The monoisotopic (exact) mass is 268 g/mol. The molecule has 1 aromatic carbocycles. The summed E-state index contributed by atoms with van der Waals surface area (Å²) in [4.78, 5) is 0. The average Bonchev–Trinajstić information content (AvgIpc) is 2.08. The summed E-state index contributed by atoms with van der Waals surface area (Å²) in [5.74, 6) is 0. The van der Waals surface area contributed by atoms with Gasteiger partial charge in [-0.05, 0) is 13.8 Å². The van der Waals surface area contributed by atoms with Gasteiger partial charge in [-0.3, -0.25) is 0 Å². The van der Waals surface area contributed by atoms with Crippen molar-refractivity contribution in [3.05, 3.63) is 35.9 Å². The summed E-state index contributed by atoms with van der Waals surface area (Å²) in [6.07, 6.45) is 0. The summed E-state index contributed by atoms with van der Waals surface area (Å²) < 4.78 is 4.83. The summed E-state index contributed by atoms with van der Waals surface area (Å²) in [7, 11) is 0. The number of aryl methyl sites for hydroxylation is 1. The molecule has 3 heteroatoms. The molecule has 0 aliphatic heterocycles. The predicted octanol–water partition coefficient (Wildman–Crippen LogP) is -0.539. The molecule has 0 amide bonds. The number of rotatable bonds is 2. The topological polar surface area (TPSA) is 9.23 Å². The minimum absolute atomic E-state index is 0. The zero-order chi connectivity index (χ0) is 9.23. The molecule has 0 aliphatic rings. The van der Waals surface area contributed by atoms with Gasteiger partial charge in [-0.15, -0.1) is 0 Å². The van der Waals surface area contributed by atoms with Crippen molar-refractivity contribution in [3.63, 3.8) is 0 Å². The maximum atomic E-state index is 4.83. The number of halogens is 1. The van der Waals surface area contributed by atoms with Crippen LogP contribution in [0.15, 0.2) is 24.3 Å². The average molecular weight is 269 g/mol. The van der Waals surface area contributed by atoms with Gasteiger partial charge in [0.25, 0.3) is 0 Å². The van der Waals surface area contributed by atoms with Gasteiger partial charge in [-0.25, -0.2) is 0 Å². The van der Waals surface area contributed by atoms with Crippen molar-refractivity contribution >= 4 is 23.1 Å². The van der Waals surface area contributed by atoms with Crippen LogP contribution < -0.4 is 17.0 Å². The first-order valence-corrected chi connectivity index (χ1v) is 4.31. The SMILES string of the molecule is CCOCC.Cc1cc[c-]cc1.[Br-].[Mg+2]. The molecule has 0 spiro atoms. The van der Waals surface area contributed by atoms with Crippen molar-refractivity contribution < 1.29 is 21.7 Å². The van der Waals surface area contributed by atoms with Gasteiger partial charge in [0.05, 0.1) is 0 Å². The van der Waals surface area contributed by atoms with Crippen molar-refractivity contribution in [1.82, 2.24) is 0 Å². The second-order valence-electron chi connectivity index (χ2n) is 2.36. The van der Waals surface area contributed by atoms with E-state index >= 15 is 0 Å². The van der Waals surface area contributed by atoms with Crippen LogP contribution in [0.25, 0.3) is 0 Å². The molecule has 76 valence electrons. The second kappa shape index (κ2) is 15.9. The van der Waals surface area contributed by atoms with Crippen molar-refractivity contribution in [1.29, 1.82) is 0 Å². The maximum Gasteiger partial charge on any atom is 2.00 e. The predicted molar refractivity (Wildman–Crippen MR) is 57.9 cm³/mol. The summed E-state index contributed by atoms with van der Waals surface area (Å²) in [6, 6.07) is 10.8. The Morgan fingerprint density at radius 2 is 1.57 bits per heavy atom. The van der Waals surface area contributed by atoms with Crippen LogP contribution >= 0.6 is 0 Å². The quantitative estimate of drug-likeness (QED) is 0.518. The Morgan fingerprint density at radius 1 is 1.14 bits per heavy atom. The van der Waals surface area contributed by atoms with Gasteiger partial charge < -0.3 is 21.7 Å². The van der Waals surface area contributed by atoms with Crippen LogP contribution in [0.2, 0.25) is 0 Å². The normalized spacial score (nSPS) is 7.36. The van der Waals surface area contributed by atoms with Crippen molar-refractivity contribution in [2.45, 2.75) is 20.8 Å². The van der Waals surface area contributed by atoms with Gasteiger partial charge in [-0.2, -0.15) is 35.9 Å². The number of benzene rings is 1. The van der Waals surface area contributed by atoms with Crippen LogP contribution in [0.1, 0.15) is 19.4 Å². The Hall–Kier alpha value is 0.426.